The van der Waals surface area contributed by atoms with Crippen LogP contribution in [0.15, 0.2) is 0 Å². The highest BCUT2D eigenvalue weighted by atomic mass is 32.1. The summed E-state index contributed by atoms with van der Waals surface area (Å²) >= 11 is 4.70. The zero-order chi connectivity index (χ0) is 10.8. The van der Waals surface area contributed by atoms with Gasteiger partial charge in [-0.1, -0.05) is 38.4 Å². The molecule has 3 nitrogen and oxygen atoms in total. The molecule has 0 rings (SSSR count). The standard InChI is InChI=1S/C10H20N2OS/c1-2-3-4-5-6-10(13)12-8-7-9(11)14/h2-8H2,1H3,(H2,11,14)(H,12,13). The van der Waals surface area contributed by atoms with Gasteiger partial charge in [-0.2, -0.15) is 0 Å². The molecule has 0 aliphatic heterocycles. The second-order valence-corrected chi connectivity index (χ2v) is 3.90. The van der Waals surface area contributed by atoms with Gasteiger partial charge in [0.15, 0.2) is 0 Å². The van der Waals surface area contributed by atoms with Crippen LogP contribution in [0.4, 0.5) is 0 Å². The van der Waals surface area contributed by atoms with Crippen LogP contribution in [0.1, 0.15) is 45.4 Å². The molecule has 0 aliphatic rings. The maximum absolute atomic E-state index is 11.2. The van der Waals surface area contributed by atoms with Crippen molar-refractivity contribution in [1.29, 1.82) is 0 Å². The monoisotopic (exact) mass is 216 g/mol. The number of amides is 1. The van der Waals surface area contributed by atoms with Crippen molar-refractivity contribution < 1.29 is 4.79 Å². The highest BCUT2D eigenvalue weighted by Crippen LogP contribution is 2.01. The van der Waals surface area contributed by atoms with Gasteiger partial charge in [0.25, 0.3) is 0 Å². The van der Waals surface area contributed by atoms with Crippen molar-refractivity contribution in [3.8, 4) is 0 Å². The number of hydrogen-bond donors (Lipinski definition) is 2. The normalized spacial score (nSPS) is 9.79. The van der Waals surface area contributed by atoms with Gasteiger partial charge in [-0.25, -0.2) is 0 Å². The Morgan fingerprint density at radius 3 is 2.57 bits per heavy atom. The lowest BCUT2D eigenvalue weighted by molar-refractivity contribution is -0.121. The van der Waals surface area contributed by atoms with Crippen LogP contribution in [0.3, 0.4) is 0 Å². The number of carbonyl (C=O) groups excluding carboxylic acids is 1. The van der Waals surface area contributed by atoms with E-state index in [1.807, 2.05) is 0 Å². The predicted molar refractivity (Wildman–Crippen MR) is 63.2 cm³/mol. The zero-order valence-corrected chi connectivity index (χ0v) is 9.66. The minimum absolute atomic E-state index is 0.109. The molecule has 82 valence electrons. The Morgan fingerprint density at radius 1 is 1.29 bits per heavy atom. The number of thiocarbonyl (C=S) groups is 1. The van der Waals surface area contributed by atoms with E-state index in [2.05, 4.69) is 12.2 Å². The van der Waals surface area contributed by atoms with Gasteiger partial charge in [0.1, 0.15) is 0 Å². The van der Waals surface area contributed by atoms with Crippen molar-refractivity contribution in [3.63, 3.8) is 0 Å². The van der Waals surface area contributed by atoms with E-state index in [1.54, 1.807) is 0 Å². The molecule has 0 spiro atoms. The van der Waals surface area contributed by atoms with Crippen molar-refractivity contribution in [2.75, 3.05) is 6.54 Å². The van der Waals surface area contributed by atoms with Crippen molar-refractivity contribution in [2.45, 2.75) is 45.4 Å². The first-order valence-electron chi connectivity index (χ1n) is 5.21. The summed E-state index contributed by atoms with van der Waals surface area (Å²) in [6.07, 6.45) is 5.74. The number of rotatable bonds is 8. The number of carbonyl (C=O) groups is 1. The van der Waals surface area contributed by atoms with Crippen LogP contribution in [-0.4, -0.2) is 17.4 Å². The molecule has 0 saturated carbocycles. The van der Waals surface area contributed by atoms with Crippen LogP contribution >= 0.6 is 12.2 Å². The molecule has 0 bridgehead atoms. The molecule has 0 saturated heterocycles. The summed E-state index contributed by atoms with van der Waals surface area (Å²) in [6.45, 7) is 2.73. The van der Waals surface area contributed by atoms with Crippen LogP contribution in [0.2, 0.25) is 0 Å². The molecule has 0 heterocycles. The third-order valence-corrected chi connectivity index (χ3v) is 2.16. The van der Waals surface area contributed by atoms with Crippen LogP contribution in [0, 0.1) is 0 Å². The van der Waals surface area contributed by atoms with E-state index < -0.39 is 0 Å². The van der Waals surface area contributed by atoms with E-state index in [4.69, 9.17) is 18.0 Å². The Hall–Kier alpha value is -0.640. The maximum atomic E-state index is 11.2. The third-order valence-electron chi connectivity index (χ3n) is 1.95. The molecule has 0 aromatic heterocycles. The molecule has 1 amide bonds. The average molecular weight is 216 g/mol. The van der Waals surface area contributed by atoms with Gasteiger partial charge < -0.3 is 11.1 Å². The lowest BCUT2D eigenvalue weighted by atomic mass is 10.1. The summed E-state index contributed by atoms with van der Waals surface area (Å²) in [7, 11) is 0. The van der Waals surface area contributed by atoms with Gasteiger partial charge in [0.05, 0.1) is 4.99 Å². The molecule has 0 aliphatic carbocycles. The molecule has 0 radical (unpaired) electrons. The number of unbranched alkanes of at least 4 members (excludes halogenated alkanes) is 3. The SMILES string of the molecule is CCCCCCC(=O)NCCC(N)=S. The van der Waals surface area contributed by atoms with E-state index in [0.29, 0.717) is 24.4 Å². The van der Waals surface area contributed by atoms with Crippen molar-refractivity contribution in [2.24, 2.45) is 5.73 Å². The summed E-state index contributed by atoms with van der Waals surface area (Å²) in [5, 5.41) is 2.78. The Morgan fingerprint density at radius 2 is 2.00 bits per heavy atom. The van der Waals surface area contributed by atoms with Gasteiger partial charge in [-0.15, -0.1) is 0 Å². The van der Waals surface area contributed by atoms with Gasteiger partial charge >= 0.3 is 0 Å². The highest BCUT2D eigenvalue weighted by molar-refractivity contribution is 7.80. The molecular formula is C10H20N2OS. The van der Waals surface area contributed by atoms with E-state index >= 15 is 0 Å². The van der Waals surface area contributed by atoms with Crippen LogP contribution in [-0.2, 0) is 4.79 Å². The Bertz CT molecular complexity index is 183. The predicted octanol–water partition coefficient (Wildman–Crippen LogP) is 1.75. The smallest absolute Gasteiger partial charge is 0.220 e. The molecule has 4 heteroatoms. The molecule has 0 fully saturated rings. The topological polar surface area (TPSA) is 55.1 Å². The molecule has 14 heavy (non-hydrogen) atoms. The average Bonchev–Trinajstić information content (AvgIpc) is 2.12. The second-order valence-electron chi connectivity index (χ2n) is 3.38. The Kier molecular flexibility index (Phi) is 8.53. The summed E-state index contributed by atoms with van der Waals surface area (Å²) in [5.41, 5.74) is 5.30. The number of hydrogen-bond acceptors (Lipinski definition) is 2. The quantitative estimate of drug-likeness (QED) is 0.480. The minimum Gasteiger partial charge on any atom is -0.393 e. The van der Waals surface area contributed by atoms with Crippen molar-refractivity contribution in [1.82, 2.24) is 5.32 Å². The molecule has 3 N–H and O–H groups in total. The summed E-state index contributed by atoms with van der Waals surface area (Å²) in [4.78, 5) is 11.6. The molecule has 0 atom stereocenters. The fourth-order valence-corrected chi connectivity index (χ4v) is 1.23. The fraction of sp³-hybridized carbons (Fsp3) is 0.800. The molecule has 0 aromatic rings. The van der Waals surface area contributed by atoms with Crippen LogP contribution in [0.5, 0.6) is 0 Å². The second kappa shape index (κ2) is 8.94. The first-order chi connectivity index (χ1) is 6.66. The van der Waals surface area contributed by atoms with E-state index in [-0.39, 0.29) is 5.91 Å². The Balaban J connectivity index is 3.24. The molecule has 0 unspecified atom stereocenters. The maximum Gasteiger partial charge on any atom is 0.220 e. The lowest BCUT2D eigenvalue weighted by Crippen LogP contribution is -2.26. The summed E-state index contributed by atoms with van der Waals surface area (Å²) < 4.78 is 0. The van der Waals surface area contributed by atoms with E-state index in [0.717, 1.165) is 12.8 Å². The largest absolute Gasteiger partial charge is 0.393 e. The van der Waals surface area contributed by atoms with Gasteiger partial charge in [-0.3, -0.25) is 4.79 Å². The lowest BCUT2D eigenvalue weighted by Gasteiger charge is -2.03. The highest BCUT2D eigenvalue weighted by Gasteiger charge is 1.99. The van der Waals surface area contributed by atoms with Crippen LogP contribution in [0.25, 0.3) is 0 Å². The fourth-order valence-electron chi connectivity index (χ4n) is 1.13. The minimum atomic E-state index is 0.109. The first kappa shape index (κ1) is 13.4. The van der Waals surface area contributed by atoms with Gasteiger partial charge in [0, 0.05) is 19.4 Å². The van der Waals surface area contributed by atoms with Crippen molar-refractivity contribution >= 4 is 23.1 Å². The van der Waals surface area contributed by atoms with Crippen molar-refractivity contribution in [3.05, 3.63) is 0 Å². The number of nitrogens with one attached hydrogen (secondary N) is 1. The van der Waals surface area contributed by atoms with Gasteiger partial charge in [0.2, 0.25) is 5.91 Å². The summed E-state index contributed by atoms with van der Waals surface area (Å²) in [6, 6.07) is 0. The van der Waals surface area contributed by atoms with E-state index in [9.17, 15) is 4.79 Å². The van der Waals surface area contributed by atoms with Gasteiger partial charge in [-0.05, 0) is 6.42 Å². The first-order valence-corrected chi connectivity index (χ1v) is 5.62. The summed E-state index contributed by atoms with van der Waals surface area (Å²) in [5.74, 6) is 0.109. The zero-order valence-electron chi connectivity index (χ0n) is 8.84. The molecular weight excluding hydrogens is 196 g/mol. The Labute approximate surface area is 91.4 Å². The van der Waals surface area contributed by atoms with E-state index in [1.165, 1.54) is 12.8 Å². The third kappa shape index (κ3) is 9.45. The van der Waals surface area contributed by atoms with Crippen LogP contribution < -0.4 is 11.1 Å². The molecule has 0 aromatic carbocycles. The number of nitrogens with two attached hydrogens (primary N) is 1.